The molecular formula is C10H20N2O. The van der Waals surface area contributed by atoms with Gasteiger partial charge < -0.3 is 10.2 Å². The van der Waals surface area contributed by atoms with Crippen LogP contribution in [0, 0.1) is 5.41 Å². The maximum Gasteiger partial charge on any atom is 0.236 e. The minimum atomic E-state index is 0.232. The number of piperidine rings is 1. The number of hydrogen-bond acceptors (Lipinski definition) is 2. The quantitative estimate of drug-likeness (QED) is 0.690. The molecule has 1 saturated heterocycles. The van der Waals surface area contributed by atoms with Gasteiger partial charge in [-0.1, -0.05) is 13.8 Å². The minimum absolute atomic E-state index is 0.232. The summed E-state index contributed by atoms with van der Waals surface area (Å²) in [5.41, 5.74) is 0.307. The third-order valence-corrected chi connectivity index (χ3v) is 2.58. The van der Waals surface area contributed by atoms with E-state index in [9.17, 15) is 4.79 Å². The molecule has 1 rings (SSSR count). The summed E-state index contributed by atoms with van der Waals surface area (Å²) in [6.45, 7) is 6.77. The summed E-state index contributed by atoms with van der Waals surface area (Å²) in [4.78, 5) is 13.5. The highest BCUT2D eigenvalue weighted by Crippen LogP contribution is 2.28. The smallest absolute Gasteiger partial charge is 0.236 e. The van der Waals surface area contributed by atoms with Gasteiger partial charge in [0, 0.05) is 13.1 Å². The number of carbonyl (C=O) groups is 1. The number of rotatable bonds is 2. The van der Waals surface area contributed by atoms with Crippen LogP contribution in [0.15, 0.2) is 0 Å². The van der Waals surface area contributed by atoms with E-state index in [1.165, 1.54) is 6.42 Å². The average Bonchev–Trinajstić information content (AvgIpc) is 2.03. The molecule has 0 aromatic rings. The maximum absolute atomic E-state index is 11.5. The Balaban J connectivity index is 2.47. The molecule has 0 saturated carbocycles. The van der Waals surface area contributed by atoms with Gasteiger partial charge in [-0.2, -0.15) is 0 Å². The van der Waals surface area contributed by atoms with E-state index in [1.807, 2.05) is 11.9 Å². The first-order valence-corrected chi connectivity index (χ1v) is 4.97. The van der Waals surface area contributed by atoms with E-state index in [-0.39, 0.29) is 5.91 Å². The molecule has 0 radical (unpaired) electrons. The summed E-state index contributed by atoms with van der Waals surface area (Å²) in [7, 11) is 1.81. The summed E-state index contributed by atoms with van der Waals surface area (Å²) in [5.74, 6) is 0.232. The number of nitrogens with one attached hydrogen (secondary N) is 1. The highest BCUT2D eigenvalue weighted by molar-refractivity contribution is 5.78. The van der Waals surface area contributed by atoms with Crippen LogP contribution in [-0.4, -0.2) is 37.5 Å². The summed E-state index contributed by atoms with van der Waals surface area (Å²) < 4.78 is 0. The van der Waals surface area contributed by atoms with E-state index in [0.29, 0.717) is 12.0 Å². The van der Waals surface area contributed by atoms with Crippen molar-refractivity contribution in [1.29, 1.82) is 0 Å². The van der Waals surface area contributed by atoms with Crippen LogP contribution < -0.4 is 5.32 Å². The van der Waals surface area contributed by atoms with Crippen molar-refractivity contribution >= 4 is 5.91 Å². The predicted molar refractivity (Wildman–Crippen MR) is 53.5 cm³/mol. The molecule has 0 aromatic heterocycles. The molecule has 0 aromatic carbocycles. The SMILES string of the molecule is CNCC(=O)N1CCCC(C)(C)C1. The van der Waals surface area contributed by atoms with Gasteiger partial charge in [0.1, 0.15) is 0 Å². The molecule has 1 aliphatic rings. The van der Waals surface area contributed by atoms with Gasteiger partial charge in [-0.15, -0.1) is 0 Å². The van der Waals surface area contributed by atoms with E-state index in [1.54, 1.807) is 0 Å². The number of carbonyl (C=O) groups excluding carboxylic acids is 1. The van der Waals surface area contributed by atoms with Crippen molar-refractivity contribution in [3.05, 3.63) is 0 Å². The molecule has 1 fully saturated rings. The standard InChI is InChI=1S/C10H20N2O/c1-10(2)5-4-6-12(8-10)9(13)7-11-3/h11H,4-8H2,1-3H3. The molecule has 1 amide bonds. The van der Waals surface area contributed by atoms with E-state index in [0.717, 1.165) is 19.5 Å². The van der Waals surface area contributed by atoms with Gasteiger partial charge in [0.05, 0.1) is 6.54 Å². The third kappa shape index (κ3) is 2.99. The average molecular weight is 184 g/mol. The third-order valence-electron chi connectivity index (χ3n) is 2.58. The van der Waals surface area contributed by atoms with Crippen LogP contribution in [0.3, 0.4) is 0 Å². The van der Waals surface area contributed by atoms with Crippen molar-refractivity contribution in [2.45, 2.75) is 26.7 Å². The molecule has 0 unspecified atom stereocenters. The normalized spacial score (nSPS) is 21.6. The summed E-state index contributed by atoms with van der Waals surface area (Å²) in [6, 6.07) is 0. The maximum atomic E-state index is 11.5. The van der Waals surface area contributed by atoms with E-state index in [2.05, 4.69) is 19.2 Å². The number of likely N-dealkylation sites (N-methyl/N-ethyl adjacent to an activating group) is 1. The lowest BCUT2D eigenvalue weighted by atomic mass is 9.84. The fraction of sp³-hybridized carbons (Fsp3) is 0.900. The Morgan fingerprint density at radius 2 is 2.23 bits per heavy atom. The Morgan fingerprint density at radius 3 is 2.77 bits per heavy atom. The lowest BCUT2D eigenvalue weighted by molar-refractivity contribution is -0.133. The van der Waals surface area contributed by atoms with Gasteiger partial charge in [-0.3, -0.25) is 4.79 Å². The molecule has 0 bridgehead atoms. The zero-order valence-corrected chi connectivity index (χ0v) is 8.89. The Bertz CT molecular complexity index is 189. The minimum Gasteiger partial charge on any atom is -0.341 e. The van der Waals surface area contributed by atoms with Gasteiger partial charge in [0.15, 0.2) is 0 Å². The molecule has 3 heteroatoms. The second kappa shape index (κ2) is 4.09. The molecule has 1 N–H and O–H groups in total. The Labute approximate surface area is 80.5 Å². The second-order valence-electron chi connectivity index (χ2n) is 4.61. The largest absolute Gasteiger partial charge is 0.341 e. The van der Waals surface area contributed by atoms with Crippen LogP contribution in [0.1, 0.15) is 26.7 Å². The lowest BCUT2D eigenvalue weighted by Gasteiger charge is -2.38. The van der Waals surface area contributed by atoms with Crippen molar-refractivity contribution in [3.63, 3.8) is 0 Å². The van der Waals surface area contributed by atoms with Gasteiger partial charge in [-0.05, 0) is 25.3 Å². The van der Waals surface area contributed by atoms with E-state index >= 15 is 0 Å². The monoisotopic (exact) mass is 184 g/mol. The van der Waals surface area contributed by atoms with Gasteiger partial charge in [0.25, 0.3) is 0 Å². The molecular weight excluding hydrogens is 164 g/mol. The number of nitrogens with zero attached hydrogens (tertiary/aromatic N) is 1. The van der Waals surface area contributed by atoms with Crippen LogP contribution >= 0.6 is 0 Å². The molecule has 0 atom stereocenters. The molecule has 13 heavy (non-hydrogen) atoms. The molecule has 0 aliphatic carbocycles. The van der Waals surface area contributed by atoms with Crippen molar-refractivity contribution < 1.29 is 4.79 Å². The van der Waals surface area contributed by atoms with Crippen LogP contribution in [-0.2, 0) is 4.79 Å². The summed E-state index contributed by atoms with van der Waals surface area (Å²) in [5, 5.41) is 2.90. The van der Waals surface area contributed by atoms with Crippen LogP contribution in [0.4, 0.5) is 0 Å². The second-order valence-corrected chi connectivity index (χ2v) is 4.61. The molecule has 1 aliphatic heterocycles. The van der Waals surface area contributed by atoms with E-state index in [4.69, 9.17) is 0 Å². The molecule has 3 nitrogen and oxygen atoms in total. The summed E-state index contributed by atoms with van der Waals surface area (Å²) >= 11 is 0. The molecule has 1 heterocycles. The van der Waals surface area contributed by atoms with Crippen molar-refractivity contribution in [2.75, 3.05) is 26.7 Å². The topological polar surface area (TPSA) is 32.3 Å². The fourth-order valence-corrected chi connectivity index (χ4v) is 1.90. The first-order chi connectivity index (χ1) is 6.05. The first-order valence-electron chi connectivity index (χ1n) is 4.97. The highest BCUT2D eigenvalue weighted by Gasteiger charge is 2.28. The van der Waals surface area contributed by atoms with Gasteiger partial charge in [0.2, 0.25) is 5.91 Å². The number of likely N-dealkylation sites (tertiary alicyclic amines) is 1. The van der Waals surface area contributed by atoms with Crippen LogP contribution in [0.25, 0.3) is 0 Å². The van der Waals surface area contributed by atoms with Crippen molar-refractivity contribution in [2.24, 2.45) is 5.41 Å². The molecule has 76 valence electrons. The van der Waals surface area contributed by atoms with Gasteiger partial charge in [-0.25, -0.2) is 0 Å². The fourth-order valence-electron chi connectivity index (χ4n) is 1.90. The Morgan fingerprint density at radius 1 is 1.54 bits per heavy atom. The Hall–Kier alpha value is -0.570. The van der Waals surface area contributed by atoms with E-state index < -0.39 is 0 Å². The van der Waals surface area contributed by atoms with Crippen molar-refractivity contribution in [3.8, 4) is 0 Å². The zero-order valence-electron chi connectivity index (χ0n) is 8.89. The Kier molecular flexibility index (Phi) is 3.31. The number of amides is 1. The number of hydrogen-bond donors (Lipinski definition) is 1. The van der Waals surface area contributed by atoms with Crippen molar-refractivity contribution in [1.82, 2.24) is 10.2 Å². The van der Waals surface area contributed by atoms with Crippen LogP contribution in [0.2, 0.25) is 0 Å². The molecule has 0 spiro atoms. The van der Waals surface area contributed by atoms with Gasteiger partial charge >= 0.3 is 0 Å². The van der Waals surface area contributed by atoms with Crippen LogP contribution in [0.5, 0.6) is 0 Å². The highest BCUT2D eigenvalue weighted by atomic mass is 16.2. The first kappa shape index (κ1) is 10.5. The zero-order chi connectivity index (χ0) is 9.90. The predicted octanol–water partition coefficient (Wildman–Crippen LogP) is 0.854. The lowest BCUT2D eigenvalue weighted by Crippen LogP contribution is -2.46. The summed E-state index contributed by atoms with van der Waals surface area (Å²) in [6.07, 6.45) is 2.37.